The summed E-state index contributed by atoms with van der Waals surface area (Å²) in [6.45, 7) is 2.07. The number of aliphatic imine (C=N–C) groups is 1. The standard InChI is InChI=1S/C14H19NO/c1-11-7-3-4-8-12(11)13(15-2)14(16)9-5-6-10-14/h3-4,7-8,16H,5-6,9-10H2,1-2H3/b15-13+. The lowest BCUT2D eigenvalue weighted by atomic mass is 9.88. The van der Waals surface area contributed by atoms with Crippen LogP contribution >= 0.6 is 0 Å². The van der Waals surface area contributed by atoms with Gasteiger partial charge in [0, 0.05) is 12.6 Å². The van der Waals surface area contributed by atoms with Crippen LogP contribution in [0, 0.1) is 6.92 Å². The van der Waals surface area contributed by atoms with Gasteiger partial charge in [-0.05, 0) is 25.3 Å². The van der Waals surface area contributed by atoms with Crippen LogP contribution in [0.4, 0.5) is 0 Å². The van der Waals surface area contributed by atoms with Crippen molar-refractivity contribution in [2.45, 2.75) is 38.2 Å². The van der Waals surface area contributed by atoms with Crippen LogP contribution in [0.5, 0.6) is 0 Å². The molecule has 0 aromatic heterocycles. The number of rotatable bonds is 2. The Kier molecular flexibility index (Phi) is 3.10. The van der Waals surface area contributed by atoms with Gasteiger partial charge in [-0.3, -0.25) is 4.99 Å². The third-order valence-corrected chi connectivity index (χ3v) is 3.50. The Balaban J connectivity index is 2.41. The summed E-state index contributed by atoms with van der Waals surface area (Å²) in [5, 5.41) is 10.6. The van der Waals surface area contributed by atoms with Crippen LogP contribution in [0.25, 0.3) is 0 Å². The largest absolute Gasteiger partial charge is 0.384 e. The zero-order chi connectivity index (χ0) is 11.6. The van der Waals surface area contributed by atoms with Gasteiger partial charge in [-0.2, -0.15) is 0 Å². The van der Waals surface area contributed by atoms with E-state index in [0.717, 1.165) is 37.0 Å². The van der Waals surface area contributed by atoms with Crippen molar-refractivity contribution >= 4 is 5.71 Å². The second-order valence-corrected chi connectivity index (χ2v) is 4.63. The number of nitrogens with zero attached hydrogens (tertiary/aromatic N) is 1. The van der Waals surface area contributed by atoms with Gasteiger partial charge in [0.15, 0.2) is 0 Å². The van der Waals surface area contributed by atoms with Gasteiger partial charge in [0.2, 0.25) is 0 Å². The lowest BCUT2D eigenvalue weighted by Gasteiger charge is -2.25. The Labute approximate surface area is 97.0 Å². The first kappa shape index (κ1) is 11.3. The highest BCUT2D eigenvalue weighted by Crippen LogP contribution is 2.33. The number of hydrogen-bond donors (Lipinski definition) is 1. The molecule has 0 radical (unpaired) electrons. The summed E-state index contributed by atoms with van der Waals surface area (Å²) in [4.78, 5) is 4.34. The Morgan fingerprint density at radius 3 is 2.44 bits per heavy atom. The molecule has 2 nitrogen and oxygen atoms in total. The molecule has 2 rings (SSSR count). The first-order valence-corrected chi connectivity index (χ1v) is 5.93. The molecule has 1 aromatic rings. The van der Waals surface area contributed by atoms with Crippen LogP contribution in [0.15, 0.2) is 29.3 Å². The molecule has 1 aliphatic rings. The van der Waals surface area contributed by atoms with E-state index in [1.165, 1.54) is 5.56 Å². The van der Waals surface area contributed by atoms with Crippen molar-refractivity contribution in [2.24, 2.45) is 4.99 Å². The van der Waals surface area contributed by atoms with Crippen LogP contribution in [0.1, 0.15) is 36.8 Å². The minimum absolute atomic E-state index is 0.694. The summed E-state index contributed by atoms with van der Waals surface area (Å²) < 4.78 is 0. The molecule has 1 saturated carbocycles. The van der Waals surface area contributed by atoms with Gasteiger partial charge in [0.1, 0.15) is 5.60 Å². The molecule has 1 N–H and O–H groups in total. The minimum Gasteiger partial charge on any atom is -0.384 e. The van der Waals surface area contributed by atoms with Crippen molar-refractivity contribution in [3.63, 3.8) is 0 Å². The fraction of sp³-hybridized carbons (Fsp3) is 0.500. The third kappa shape index (κ3) is 1.90. The normalized spacial score (nSPS) is 20.1. The second-order valence-electron chi connectivity index (χ2n) is 4.63. The van der Waals surface area contributed by atoms with Crippen molar-refractivity contribution < 1.29 is 5.11 Å². The molecule has 0 bridgehead atoms. The zero-order valence-electron chi connectivity index (χ0n) is 10.0. The van der Waals surface area contributed by atoms with Crippen LogP contribution in [0.2, 0.25) is 0 Å². The van der Waals surface area contributed by atoms with Crippen molar-refractivity contribution in [1.82, 2.24) is 0 Å². The van der Waals surface area contributed by atoms with Crippen molar-refractivity contribution in [1.29, 1.82) is 0 Å². The fourth-order valence-corrected chi connectivity index (χ4v) is 2.61. The molecule has 1 fully saturated rings. The number of benzene rings is 1. The van der Waals surface area contributed by atoms with Gasteiger partial charge in [0.25, 0.3) is 0 Å². The number of hydrogen-bond acceptors (Lipinski definition) is 2. The van der Waals surface area contributed by atoms with E-state index in [0.29, 0.717) is 0 Å². The molecule has 0 spiro atoms. The number of aryl methyl sites for hydroxylation is 1. The van der Waals surface area contributed by atoms with E-state index in [-0.39, 0.29) is 0 Å². The Morgan fingerprint density at radius 2 is 1.88 bits per heavy atom. The van der Waals surface area contributed by atoms with Crippen LogP contribution < -0.4 is 0 Å². The maximum atomic E-state index is 10.6. The molecule has 0 saturated heterocycles. The zero-order valence-corrected chi connectivity index (χ0v) is 10.0. The van der Waals surface area contributed by atoms with Crippen molar-refractivity contribution in [3.8, 4) is 0 Å². The molecule has 86 valence electrons. The maximum absolute atomic E-state index is 10.6. The maximum Gasteiger partial charge on any atom is 0.107 e. The summed E-state index contributed by atoms with van der Waals surface area (Å²) >= 11 is 0. The summed E-state index contributed by atoms with van der Waals surface area (Å²) in [7, 11) is 1.78. The highest BCUT2D eigenvalue weighted by atomic mass is 16.3. The van der Waals surface area contributed by atoms with Gasteiger partial charge in [-0.1, -0.05) is 37.1 Å². The lowest BCUT2D eigenvalue weighted by Crippen LogP contribution is -2.36. The van der Waals surface area contributed by atoms with Gasteiger partial charge in [-0.25, -0.2) is 0 Å². The van der Waals surface area contributed by atoms with E-state index in [2.05, 4.69) is 18.0 Å². The Bertz CT molecular complexity index is 403. The molecule has 2 heteroatoms. The molecule has 0 heterocycles. The average molecular weight is 217 g/mol. The van der Waals surface area contributed by atoms with Gasteiger partial charge >= 0.3 is 0 Å². The monoisotopic (exact) mass is 217 g/mol. The molecular formula is C14H19NO. The molecule has 0 amide bonds. The van der Waals surface area contributed by atoms with E-state index in [1.54, 1.807) is 7.05 Å². The smallest absolute Gasteiger partial charge is 0.107 e. The minimum atomic E-state index is -0.694. The molecule has 0 unspecified atom stereocenters. The highest BCUT2D eigenvalue weighted by molar-refractivity contribution is 6.07. The van der Waals surface area contributed by atoms with Crippen LogP contribution in [-0.2, 0) is 0 Å². The SMILES string of the molecule is C/N=C(\c1ccccc1C)C1(O)CCCC1. The van der Waals surface area contributed by atoms with E-state index >= 15 is 0 Å². The first-order valence-electron chi connectivity index (χ1n) is 5.93. The van der Waals surface area contributed by atoms with Crippen molar-refractivity contribution in [2.75, 3.05) is 7.05 Å². The van der Waals surface area contributed by atoms with Gasteiger partial charge < -0.3 is 5.11 Å². The first-order chi connectivity index (χ1) is 7.67. The summed E-state index contributed by atoms with van der Waals surface area (Å²) in [6, 6.07) is 8.14. The van der Waals surface area contributed by atoms with E-state index < -0.39 is 5.60 Å². The second kappa shape index (κ2) is 4.38. The quantitative estimate of drug-likeness (QED) is 0.759. The highest BCUT2D eigenvalue weighted by Gasteiger charge is 2.37. The summed E-state index contributed by atoms with van der Waals surface area (Å²) in [5.41, 5.74) is 2.45. The van der Waals surface area contributed by atoms with E-state index in [9.17, 15) is 5.11 Å². The fourth-order valence-electron chi connectivity index (χ4n) is 2.61. The predicted molar refractivity (Wildman–Crippen MR) is 67.1 cm³/mol. The molecule has 0 atom stereocenters. The third-order valence-electron chi connectivity index (χ3n) is 3.50. The predicted octanol–water partition coefficient (Wildman–Crippen LogP) is 2.72. The van der Waals surface area contributed by atoms with Crippen molar-refractivity contribution in [3.05, 3.63) is 35.4 Å². The summed E-state index contributed by atoms with van der Waals surface area (Å²) in [5.74, 6) is 0. The lowest BCUT2D eigenvalue weighted by molar-refractivity contribution is 0.121. The van der Waals surface area contributed by atoms with Crippen LogP contribution in [-0.4, -0.2) is 23.5 Å². The Morgan fingerprint density at radius 1 is 1.25 bits per heavy atom. The number of aliphatic hydroxyl groups is 1. The topological polar surface area (TPSA) is 32.6 Å². The molecule has 16 heavy (non-hydrogen) atoms. The molecule has 1 aliphatic carbocycles. The van der Waals surface area contributed by atoms with Gasteiger partial charge in [-0.15, -0.1) is 0 Å². The summed E-state index contributed by atoms with van der Waals surface area (Å²) in [6.07, 6.45) is 3.88. The van der Waals surface area contributed by atoms with Crippen LogP contribution in [0.3, 0.4) is 0 Å². The Hall–Kier alpha value is -1.15. The van der Waals surface area contributed by atoms with E-state index in [1.807, 2.05) is 18.2 Å². The molecule has 0 aliphatic heterocycles. The van der Waals surface area contributed by atoms with E-state index in [4.69, 9.17) is 0 Å². The van der Waals surface area contributed by atoms with Gasteiger partial charge in [0.05, 0.1) is 5.71 Å². The molecule has 1 aromatic carbocycles. The average Bonchev–Trinajstić information content (AvgIpc) is 2.70. The molecular weight excluding hydrogens is 198 g/mol.